The second-order valence-electron chi connectivity index (χ2n) is 3.81. The minimum Gasteiger partial charge on any atom is -0.480 e. The topological polar surface area (TPSA) is 70.5 Å². The van der Waals surface area contributed by atoms with Crippen LogP contribution in [0.1, 0.15) is 16.1 Å². The third-order valence-electron chi connectivity index (χ3n) is 2.57. The summed E-state index contributed by atoms with van der Waals surface area (Å²) in [5.74, 6) is -0.315. The number of hydrogen-bond acceptors (Lipinski definition) is 4. The second kappa shape index (κ2) is 4.75. The predicted molar refractivity (Wildman–Crippen MR) is 63.9 cm³/mol. The number of carbonyl (C=O) groups is 2. The number of pyridine rings is 1. The van der Waals surface area contributed by atoms with Crippen LogP contribution in [0, 0.1) is 6.92 Å². The first-order valence-corrected chi connectivity index (χ1v) is 6.29. The van der Waals surface area contributed by atoms with E-state index >= 15 is 0 Å². The molecule has 1 aromatic heterocycles. The van der Waals surface area contributed by atoms with Gasteiger partial charge in [-0.25, -0.2) is 4.79 Å². The van der Waals surface area contributed by atoms with E-state index in [-0.39, 0.29) is 5.91 Å². The Morgan fingerprint density at radius 3 is 3.00 bits per heavy atom. The van der Waals surface area contributed by atoms with E-state index in [9.17, 15) is 9.59 Å². The summed E-state index contributed by atoms with van der Waals surface area (Å²) in [5.41, 5.74) is 1.24. The molecule has 5 nitrogen and oxygen atoms in total. The van der Waals surface area contributed by atoms with Crippen LogP contribution in [0.15, 0.2) is 18.3 Å². The van der Waals surface area contributed by atoms with Gasteiger partial charge in [0.15, 0.2) is 0 Å². The Hall–Kier alpha value is -1.56. The molecular weight excluding hydrogens is 240 g/mol. The van der Waals surface area contributed by atoms with E-state index in [1.807, 2.05) is 0 Å². The average Bonchev–Trinajstić information content (AvgIpc) is 2.77. The summed E-state index contributed by atoms with van der Waals surface area (Å²) < 4.78 is 0. The van der Waals surface area contributed by atoms with Gasteiger partial charge >= 0.3 is 5.97 Å². The highest BCUT2D eigenvalue weighted by atomic mass is 32.2. The van der Waals surface area contributed by atoms with Gasteiger partial charge < -0.3 is 10.0 Å². The minimum absolute atomic E-state index is 0.243. The van der Waals surface area contributed by atoms with Crippen LogP contribution in [0.2, 0.25) is 0 Å². The lowest BCUT2D eigenvalue weighted by atomic mass is 10.2. The Balaban J connectivity index is 2.23. The second-order valence-corrected chi connectivity index (χ2v) is 4.81. The maximum absolute atomic E-state index is 12.1. The van der Waals surface area contributed by atoms with Crippen molar-refractivity contribution in [1.82, 2.24) is 9.88 Å². The van der Waals surface area contributed by atoms with Crippen LogP contribution in [-0.2, 0) is 4.79 Å². The SMILES string of the molecule is Cc1cc(C(=O)N2CSC[C@H]2C(=O)O)ccn1. The van der Waals surface area contributed by atoms with Gasteiger partial charge in [-0.05, 0) is 19.1 Å². The smallest absolute Gasteiger partial charge is 0.327 e. The zero-order chi connectivity index (χ0) is 12.4. The van der Waals surface area contributed by atoms with Crippen molar-refractivity contribution in [2.45, 2.75) is 13.0 Å². The van der Waals surface area contributed by atoms with Gasteiger partial charge in [0.1, 0.15) is 6.04 Å². The Morgan fingerprint density at radius 2 is 2.35 bits per heavy atom. The van der Waals surface area contributed by atoms with Crippen molar-refractivity contribution >= 4 is 23.6 Å². The van der Waals surface area contributed by atoms with Gasteiger partial charge in [0.25, 0.3) is 5.91 Å². The van der Waals surface area contributed by atoms with E-state index in [2.05, 4.69) is 4.98 Å². The molecule has 6 heteroatoms. The summed E-state index contributed by atoms with van der Waals surface area (Å²) in [6.07, 6.45) is 1.56. The maximum atomic E-state index is 12.1. The summed E-state index contributed by atoms with van der Waals surface area (Å²) in [4.78, 5) is 28.5. The van der Waals surface area contributed by atoms with Crippen LogP contribution in [0.3, 0.4) is 0 Å². The lowest BCUT2D eigenvalue weighted by Gasteiger charge is -2.20. The van der Waals surface area contributed by atoms with Gasteiger partial charge in [0.2, 0.25) is 0 Å². The predicted octanol–water partition coefficient (Wildman–Crippen LogP) is 0.990. The molecule has 90 valence electrons. The normalized spacial score (nSPS) is 19.4. The summed E-state index contributed by atoms with van der Waals surface area (Å²) in [6.45, 7) is 1.80. The van der Waals surface area contributed by atoms with Gasteiger partial charge in [-0.3, -0.25) is 9.78 Å². The summed E-state index contributed by atoms with van der Waals surface area (Å²) in [7, 11) is 0. The molecule has 1 saturated heterocycles. The van der Waals surface area contributed by atoms with E-state index in [0.717, 1.165) is 5.69 Å². The molecule has 2 rings (SSSR count). The number of thioether (sulfide) groups is 1. The van der Waals surface area contributed by atoms with Crippen LogP contribution >= 0.6 is 11.8 Å². The third kappa shape index (κ3) is 2.41. The van der Waals surface area contributed by atoms with Crippen molar-refractivity contribution < 1.29 is 14.7 Å². The van der Waals surface area contributed by atoms with Crippen molar-refractivity contribution in [3.63, 3.8) is 0 Å². The monoisotopic (exact) mass is 252 g/mol. The molecule has 1 aliphatic heterocycles. The summed E-state index contributed by atoms with van der Waals surface area (Å²) >= 11 is 1.45. The maximum Gasteiger partial charge on any atom is 0.327 e. The van der Waals surface area contributed by atoms with Crippen LogP contribution < -0.4 is 0 Å². The molecule has 17 heavy (non-hydrogen) atoms. The molecule has 1 N–H and O–H groups in total. The number of aromatic nitrogens is 1. The summed E-state index contributed by atoms with van der Waals surface area (Å²) in [6, 6.07) is 2.56. The standard InChI is InChI=1S/C11H12N2O3S/c1-7-4-8(2-3-12-7)10(14)13-6-17-5-9(13)11(15)16/h2-4,9H,5-6H2,1H3,(H,15,16)/t9-/m0/s1. The van der Waals surface area contributed by atoms with Crippen molar-refractivity contribution in [2.24, 2.45) is 0 Å². The molecule has 1 aliphatic rings. The lowest BCUT2D eigenvalue weighted by Crippen LogP contribution is -2.41. The van der Waals surface area contributed by atoms with Crippen LogP contribution in [0.5, 0.6) is 0 Å². The van der Waals surface area contributed by atoms with Crippen LogP contribution in [-0.4, -0.2) is 44.5 Å². The quantitative estimate of drug-likeness (QED) is 0.850. The van der Waals surface area contributed by atoms with Gasteiger partial charge in [-0.1, -0.05) is 0 Å². The Kier molecular flexibility index (Phi) is 3.33. The molecule has 0 unspecified atom stereocenters. The highest BCUT2D eigenvalue weighted by molar-refractivity contribution is 7.99. The van der Waals surface area contributed by atoms with Gasteiger partial charge in [0, 0.05) is 23.2 Å². The highest BCUT2D eigenvalue weighted by Gasteiger charge is 2.34. The van der Waals surface area contributed by atoms with E-state index in [0.29, 0.717) is 17.2 Å². The molecule has 1 atom stereocenters. The Bertz CT molecular complexity index is 464. The van der Waals surface area contributed by atoms with Gasteiger partial charge in [-0.15, -0.1) is 11.8 Å². The van der Waals surface area contributed by atoms with Crippen molar-refractivity contribution in [3.05, 3.63) is 29.6 Å². The summed E-state index contributed by atoms with van der Waals surface area (Å²) in [5, 5.41) is 9.01. The minimum atomic E-state index is -0.950. The lowest BCUT2D eigenvalue weighted by molar-refractivity contribution is -0.140. The number of carboxylic acid groups (broad SMARTS) is 1. The van der Waals surface area contributed by atoms with Gasteiger partial charge in [0.05, 0.1) is 5.88 Å². The number of carboxylic acids is 1. The van der Waals surface area contributed by atoms with Crippen LogP contribution in [0.4, 0.5) is 0 Å². The van der Waals surface area contributed by atoms with E-state index in [4.69, 9.17) is 5.11 Å². The number of amides is 1. The molecule has 2 heterocycles. The number of aryl methyl sites for hydroxylation is 1. The average molecular weight is 252 g/mol. The number of carbonyl (C=O) groups excluding carboxylic acids is 1. The number of aliphatic carboxylic acids is 1. The number of nitrogens with zero attached hydrogens (tertiary/aromatic N) is 2. The fourth-order valence-electron chi connectivity index (χ4n) is 1.69. The van der Waals surface area contributed by atoms with Crippen molar-refractivity contribution in [2.75, 3.05) is 11.6 Å². The molecule has 1 fully saturated rings. The first kappa shape index (κ1) is 11.9. The first-order valence-electron chi connectivity index (χ1n) is 5.14. The van der Waals surface area contributed by atoms with Crippen molar-refractivity contribution in [3.8, 4) is 0 Å². The van der Waals surface area contributed by atoms with E-state index in [1.165, 1.54) is 16.7 Å². The molecule has 1 amide bonds. The molecule has 0 bridgehead atoms. The van der Waals surface area contributed by atoms with Gasteiger partial charge in [-0.2, -0.15) is 0 Å². The fraction of sp³-hybridized carbons (Fsp3) is 0.364. The fourth-order valence-corrected chi connectivity index (χ4v) is 2.84. The van der Waals surface area contributed by atoms with E-state index in [1.54, 1.807) is 25.3 Å². The van der Waals surface area contributed by atoms with Crippen LogP contribution in [0.25, 0.3) is 0 Å². The Morgan fingerprint density at radius 1 is 1.59 bits per heavy atom. The number of rotatable bonds is 2. The molecule has 1 aromatic rings. The zero-order valence-electron chi connectivity index (χ0n) is 9.29. The molecular formula is C11H12N2O3S. The zero-order valence-corrected chi connectivity index (χ0v) is 10.1. The van der Waals surface area contributed by atoms with Crippen molar-refractivity contribution in [1.29, 1.82) is 0 Å². The highest BCUT2D eigenvalue weighted by Crippen LogP contribution is 2.23. The third-order valence-corrected chi connectivity index (χ3v) is 3.58. The molecule has 0 spiro atoms. The number of hydrogen-bond donors (Lipinski definition) is 1. The largest absolute Gasteiger partial charge is 0.480 e. The van der Waals surface area contributed by atoms with E-state index < -0.39 is 12.0 Å². The Labute approximate surface area is 103 Å². The molecule has 0 aromatic carbocycles. The molecule has 0 aliphatic carbocycles. The molecule has 0 saturated carbocycles. The molecule has 0 radical (unpaired) electrons. The first-order chi connectivity index (χ1) is 8.09.